The SMILES string of the molecule is O=C(Nc1cccc(CNC(=O)C2CC(=O)N(c3ccc4c(c3)OCO4)C2)c1)c1ccncc1. The van der Waals surface area contributed by atoms with Gasteiger partial charge in [-0.2, -0.15) is 0 Å². The van der Waals surface area contributed by atoms with Crippen LogP contribution in [-0.2, 0) is 16.1 Å². The van der Waals surface area contributed by atoms with E-state index in [2.05, 4.69) is 15.6 Å². The van der Waals surface area contributed by atoms with Crippen molar-refractivity contribution in [1.82, 2.24) is 10.3 Å². The summed E-state index contributed by atoms with van der Waals surface area (Å²) in [5.41, 5.74) is 2.64. The van der Waals surface area contributed by atoms with E-state index in [1.807, 2.05) is 12.1 Å². The lowest BCUT2D eigenvalue weighted by molar-refractivity contribution is -0.126. The number of anilines is 2. The summed E-state index contributed by atoms with van der Waals surface area (Å²) >= 11 is 0. The summed E-state index contributed by atoms with van der Waals surface area (Å²) < 4.78 is 10.7. The topological polar surface area (TPSA) is 110 Å². The average molecular weight is 458 g/mol. The van der Waals surface area contributed by atoms with Gasteiger partial charge in [-0.1, -0.05) is 12.1 Å². The fourth-order valence-corrected chi connectivity index (χ4v) is 3.98. The Morgan fingerprint density at radius 2 is 1.85 bits per heavy atom. The second-order valence-corrected chi connectivity index (χ2v) is 8.05. The normalized spacial score (nSPS) is 16.4. The Morgan fingerprint density at radius 3 is 2.71 bits per heavy atom. The van der Waals surface area contributed by atoms with Crippen molar-refractivity contribution in [3.8, 4) is 11.5 Å². The maximum Gasteiger partial charge on any atom is 0.255 e. The molecule has 34 heavy (non-hydrogen) atoms. The van der Waals surface area contributed by atoms with E-state index in [4.69, 9.17) is 9.47 Å². The van der Waals surface area contributed by atoms with Crippen LogP contribution in [0, 0.1) is 5.92 Å². The Balaban J connectivity index is 1.17. The van der Waals surface area contributed by atoms with Crippen LogP contribution in [0.15, 0.2) is 67.0 Å². The first-order valence-corrected chi connectivity index (χ1v) is 10.8. The molecule has 0 spiro atoms. The lowest BCUT2D eigenvalue weighted by Crippen LogP contribution is -2.32. The highest BCUT2D eigenvalue weighted by Crippen LogP contribution is 2.37. The van der Waals surface area contributed by atoms with Gasteiger partial charge in [-0.15, -0.1) is 0 Å². The maximum atomic E-state index is 12.8. The molecule has 172 valence electrons. The first-order valence-electron chi connectivity index (χ1n) is 10.8. The zero-order valence-corrected chi connectivity index (χ0v) is 18.2. The number of hydrogen-bond donors (Lipinski definition) is 2. The molecule has 0 aliphatic carbocycles. The quantitative estimate of drug-likeness (QED) is 0.588. The van der Waals surface area contributed by atoms with E-state index in [1.54, 1.807) is 59.8 Å². The van der Waals surface area contributed by atoms with Gasteiger partial charge in [0.2, 0.25) is 18.6 Å². The van der Waals surface area contributed by atoms with E-state index in [0.29, 0.717) is 35.0 Å². The van der Waals surface area contributed by atoms with E-state index in [0.717, 1.165) is 5.56 Å². The first-order chi connectivity index (χ1) is 16.6. The van der Waals surface area contributed by atoms with Crippen LogP contribution >= 0.6 is 0 Å². The molecule has 9 nitrogen and oxygen atoms in total. The molecule has 0 bridgehead atoms. The van der Waals surface area contributed by atoms with Crippen molar-refractivity contribution >= 4 is 29.1 Å². The molecule has 9 heteroatoms. The summed E-state index contributed by atoms with van der Waals surface area (Å²) in [5.74, 6) is 0.241. The number of hydrogen-bond acceptors (Lipinski definition) is 6. The number of rotatable bonds is 6. The number of nitrogens with zero attached hydrogens (tertiary/aromatic N) is 2. The number of ether oxygens (including phenoxy) is 2. The van der Waals surface area contributed by atoms with Crippen LogP contribution < -0.4 is 25.0 Å². The van der Waals surface area contributed by atoms with Gasteiger partial charge in [0.25, 0.3) is 5.91 Å². The number of amides is 3. The largest absolute Gasteiger partial charge is 0.454 e. The van der Waals surface area contributed by atoms with Crippen molar-refractivity contribution in [1.29, 1.82) is 0 Å². The van der Waals surface area contributed by atoms with Gasteiger partial charge in [0.1, 0.15) is 0 Å². The molecule has 1 atom stereocenters. The van der Waals surface area contributed by atoms with E-state index in [1.165, 1.54) is 0 Å². The summed E-state index contributed by atoms with van der Waals surface area (Å²) in [6, 6.07) is 15.8. The molecule has 2 aliphatic heterocycles. The molecule has 2 aromatic carbocycles. The molecule has 1 fully saturated rings. The van der Waals surface area contributed by atoms with Gasteiger partial charge in [0, 0.05) is 54.9 Å². The van der Waals surface area contributed by atoms with Gasteiger partial charge in [-0.3, -0.25) is 19.4 Å². The Labute approximate surface area is 195 Å². The minimum Gasteiger partial charge on any atom is -0.454 e. The third-order valence-corrected chi connectivity index (χ3v) is 5.76. The van der Waals surface area contributed by atoms with E-state index >= 15 is 0 Å². The molecular formula is C25H22N4O5. The van der Waals surface area contributed by atoms with E-state index in [-0.39, 0.29) is 37.5 Å². The number of fused-ring (bicyclic) bond motifs is 1. The lowest BCUT2D eigenvalue weighted by atomic mass is 10.1. The summed E-state index contributed by atoms with van der Waals surface area (Å²) in [5, 5.41) is 5.74. The van der Waals surface area contributed by atoms with Gasteiger partial charge in [-0.25, -0.2) is 0 Å². The average Bonchev–Trinajstić information content (AvgIpc) is 3.49. The standard InChI is InChI=1S/C25H22N4O5/c30-23-11-18(14-29(23)20-4-5-21-22(12-20)34-15-33-21)24(31)27-13-16-2-1-3-19(10-16)28-25(32)17-6-8-26-9-7-17/h1-10,12,18H,11,13-15H2,(H,27,31)(H,28,32). The highest BCUT2D eigenvalue weighted by atomic mass is 16.7. The minimum absolute atomic E-state index is 0.111. The molecule has 0 saturated carbocycles. The van der Waals surface area contributed by atoms with E-state index in [9.17, 15) is 14.4 Å². The van der Waals surface area contributed by atoms with Gasteiger partial charge in [0.05, 0.1) is 5.92 Å². The zero-order chi connectivity index (χ0) is 23.5. The molecule has 2 aliphatic rings. The predicted molar refractivity (Wildman–Crippen MR) is 124 cm³/mol. The third-order valence-electron chi connectivity index (χ3n) is 5.76. The van der Waals surface area contributed by atoms with Crippen LogP contribution in [0.5, 0.6) is 11.5 Å². The Bertz CT molecular complexity index is 1250. The van der Waals surface area contributed by atoms with Crippen molar-refractivity contribution in [2.24, 2.45) is 5.92 Å². The minimum atomic E-state index is -0.451. The molecule has 3 amide bonds. The van der Waals surface area contributed by atoms with Crippen LogP contribution in [0.2, 0.25) is 0 Å². The summed E-state index contributed by atoms with van der Waals surface area (Å²) in [4.78, 5) is 43.2. The molecule has 1 saturated heterocycles. The Kier molecular flexibility index (Phi) is 5.82. The Hall–Kier alpha value is -4.40. The smallest absolute Gasteiger partial charge is 0.255 e. The number of aromatic nitrogens is 1. The Morgan fingerprint density at radius 1 is 1.03 bits per heavy atom. The first kappa shape index (κ1) is 21.4. The summed E-state index contributed by atoms with van der Waals surface area (Å²) in [6.07, 6.45) is 3.26. The zero-order valence-electron chi connectivity index (χ0n) is 18.2. The molecule has 3 heterocycles. The number of benzene rings is 2. The molecule has 5 rings (SSSR count). The highest BCUT2D eigenvalue weighted by molar-refractivity contribution is 6.04. The van der Waals surface area contributed by atoms with Crippen molar-refractivity contribution in [2.45, 2.75) is 13.0 Å². The van der Waals surface area contributed by atoms with E-state index < -0.39 is 5.92 Å². The second-order valence-electron chi connectivity index (χ2n) is 8.05. The van der Waals surface area contributed by atoms with Gasteiger partial charge < -0.3 is 25.0 Å². The third kappa shape index (κ3) is 4.54. The van der Waals surface area contributed by atoms with Crippen LogP contribution in [0.4, 0.5) is 11.4 Å². The molecule has 1 aromatic heterocycles. The number of carbonyl (C=O) groups is 3. The predicted octanol–water partition coefficient (Wildman–Crippen LogP) is 2.73. The van der Waals surface area contributed by atoms with Crippen LogP contribution in [0.3, 0.4) is 0 Å². The van der Waals surface area contributed by atoms with Crippen LogP contribution in [0.25, 0.3) is 0 Å². The van der Waals surface area contributed by atoms with Gasteiger partial charge in [0.15, 0.2) is 11.5 Å². The summed E-state index contributed by atoms with van der Waals surface area (Å²) in [7, 11) is 0. The molecule has 0 radical (unpaired) electrons. The fourth-order valence-electron chi connectivity index (χ4n) is 3.98. The van der Waals surface area contributed by atoms with Gasteiger partial charge in [-0.05, 0) is 42.0 Å². The monoisotopic (exact) mass is 458 g/mol. The van der Waals surface area contributed by atoms with Crippen molar-refractivity contribution in [3.63, 3.8) is 0 Å². The maximum absolute atomic E-state index is 12.8. The number of nitrogens with one attached hydrogen (secondary N) is 2. The van der Waals surface area contributed by atoms with Crippen molar-refractivity contribution in [3.05, 3.63) is 78.1 Å². The fraction of sp³-hybridized carbons (Fsp3) is 0.200. The second kappa shape index (κ2) is 9.22. The van der Waals surface area contributed by atoms with Crippen LogP contribution in [-0.4, -0.2) is 36.0 Å². The molecule has 1 unspecified atom stereocenters. The van der Waals surface area contributed by atoms with Crippen molar-refractivity contribution < 1.29 is 23.9 Å². The number of carbonyl (C=O) groups excluding carboxylic acids is 3. The molecular weight excluding hydrogens is 436 g/mol. The highest BCUT2D eigenvalue weighted by Gasteiger charge is 2.35. The van der Waals surface area contributed by atoms with Gasteiger partial charge >= 0.3 is 0 Å². The lowest BCUT2D eigenvalue weighted by Gasteiger charge is -2.17. The van der Waals surface area contributed by atoms with Crippen LogP contribution in [0.1, 0.15) is 22.3 Å². The molecule has 2 N–H and O–H groups in total. The van der Waals surface area contributed by atoms with Crippen molar-refractivity contribution in [2.75, 3.05) is 23.6 Å². The molecule has 3 aromatic rings. The summed E-state index contributed by atoms with van der Waals surface area (Å²) in [6.45, 7) is 0.741. The number of pyridine rings is 1.